The fraction of sp³-hybridized carbons (Fsp3) is 0. The highest BCUT2D eigenvalue weighted by atomic mass is 32.2. The Kier molecular flexibility index (Phi) is 3.13. The standard InChI is InChI=1S/C10H9NO7S2/c11-9-8(19(13,14)15)4-6-5(2-1-3-7(6)12)10(9)20(16,17)18/h1-4,12H,11H2,(H,13,14,15)(H,16,17,18). The van der Waals surface area contributed by atoms with Gasteiger partial charge in [0.2, 0.25) is 0 Å². The molecule has 108 valence electrons. The number of benzene rings is 2. The van der Waals surface area contributed by atoms with E-state index in [0.717, 1.165) is 6.07 Å². The first-order valence-electron chi connectivity index (χ1n) is 5.02. The van der Waals surface area contributed by atoms with Crippen LogP contribution in [0.2, 0.25) is 0 Å². The molecule has 0 bridgehead atoms. The molecule has 8 nitrogen and oxygen atoms in total. The largest absolute Gasteiger partial charge is 0.507 e. The quantitative estimate of drug-likeness (QED) is 0.463. The molecule has 10 heteroatoms. The van der Waals surface area contributed by atoms with E-state index < -0.39 is 41.5 Å². The summed E-state index contributed by atoms with van der Waals surface area (Å²) in [4.78, 5) is -1.81. The fourth-order valence-corrected chi connectivity index (χ4v) is 3.41. The van der Waals surface area contributed by atoms with Crippen molar-refractivity contribution in [1.82, 2.24) is 0 Å². The Morgan fingerprint density at radius 2 is 1.55 bits per heavy atom. The minimum Gasteiger partial charge on any atom is -0.507 e. The van der Waals surface area contributed by atoms with Crippen LogP contribution < -0.4 is 5.73 Å². The molecule has 2 aromatic carbocycles. The second-order valence-corrected chi connectivity index (χ2v) is 6.69. The van der Waals surface area contributed by atoms with E-state index in [0.29, 0.717) is 0 Å². The molecule has 0 amide bonds. The van der Waals surface area contributed by atoms with Gasteiger partial charge in [-0.25, -0.2) is 0 Å². The zero-order valence-electron chi connectivity index (χ0n) is 9.68. The number of nitrogen functional groups attached to an aromatic ring is 1. The van der Waals surface area contributed by atoms with Gasteiger partial charge in [-0.05, 0) is 12.1 Å². The smallest absolute Gasteiger partial charge is 0.297 e. The molecule has 0 atom stereocenters. The summed E-state index contributed by atoms with van der Waals surface area (Å²) in [5, 5.41) is 9.29. The first kappa shape index (κ1) is 14.5. The van der Waals surface area contributed by atoms with E-state index in [4.69, 9.17) is 10.3 Å². The Morgan fingerprint density at radius 3 is 2.05 bits per heavy atom. The van der Waals surface area contributed by atoms with Crippen LogP contribution in [0.3, 0.4) is 0 Å². The summed E-state index contributed by atoms with van der Waals surface area (Å²) in [5.74, 6) is -0.433. The lowest BCUT2D eigenvalue weighted by molar-refractivity contribution is 0.480. The number of fused-ring (bicyclic) bond motifs is 1. The lowest BCUT2D eigenvalue weighted by Gasteiger charge is -2.12. The highest BCUT2D eigenvalue weighted by molar-refractivity contribution is 7.87. The van der Waals surface area contributed by atoms with Crippen molar-refractivity contribution in [3.05, 3.63) is 24.3 Å². The van der Waals surface area contributed by atoms with Crippen LogP contribution in [0.4, 0.5) is 5.69 Å². The number of phenols is 1. The second-order valence-electron chi connectivity index (χ2n) is 3.94. The SMILES string of the molecule is Nc1c(S(=O)(=O)O)cc2c(O)cccc2c1S(=O)(=O)O. The first-order valence-corrected chi connectivity index (χ1v) is 7.90. The number of hydrogen-bond donors (Lipinski definition) is 4. The van der Waals surface area contributed by atoms with E-state index in [1.807, 2.05) is 0 Å². The van der Waals surface area contributed by atoms with Gasteiger partial charge in [0.15, 0.2) is 0 Å². The Morgan fingerprint density at radius 1 is 0.950 bits per heavy atom. The molecule has 0 aliphatic heterocycles. The van der Waals surface area contributed by atoms with Crippen molar-refractivity contribution in [3.8, 4) is 5.75 Å². The molecule has 20 heavy (non-hydrogen) atoms. The molecule has 2 aromatic rings. The van der Waals surface area contributed by atoms with E-state index in [9.17, 15) is 26.5 Å². The molecule has 0 fully saturated rings. The van der Waals surface area contributed by atoms with Gasteiger partial charge in [0.1, 0.15) is 15.5 Å². The van der Waals surface area contributed by atoms with Crippen molar-refractivity contribution in [2.24, 2.45) is 0 Å². The predicted molar refractivity (Wildman–Crippen MR) is 69.7 cm³/mol. The van der Waals surface area contributed by atoms with Gasteiger partial charge < -0.3 is 10.8 Å². The van der Waals surface area contributed by atoms with E-state index in [1.54, 1.807) is 0 Å². The minimum absolute atomic E-state index is 0.169. The summed E-state index contributed by atoms with van der Waals surface area (Å²) in [6.45, 7) is 0. The van der Waals surface area contributed by atoms with Gasteiger partial charge in [-0.2, -0.15) is 16.8 Å². The van der Waals surface area contributed by atoms with Crippen molar-refractivity contribution in [2.45, 2.75) is 9.79 Å². The normalized spacial score (nSPS) is 12.7. The van der Waals surface area contributed by atoms with Gasteiger partial charge in [-0.3, -0.25) is 9.11 Å². The molecule has 0 spiro atoms. The van der Waals surface area contributed by atoms with E-state index >= 15 is 0 Å². The maximum atomic E-state index is 11.4. The van der Waals surface area contributed by atoms with Crippen LogP contribution in [0.5, 0.6) is 5.75 Å². The summed E-state index contributed by atoms with van der Waals surface area (Å²) in [5.41, 5.74) is 4.59. The Bertz CT molecular complexity index is 916. The fourth-order valence-electron chi connectivity index (χ4n) is 1.86. The highest BCUT2D eigenvalue weighted by Crippen LogP contribution is 2.37. The molecule has 0 radical (unpaired) electrons. The van der Waals surface area contributed by atoms with Crippen molar-refractivity contribution < 1.29 is 31.0 Å². The van der Waals surface area contributed by atoms with E-state index in [1.165, 1.54) is 18.2 Å². The van der Waals surface area contributed by atoms with Crippen LogP contribution in [0.1, 0.15) is 0 Å². The molecule has 2 rings (SSSR count). The zero-order valence-corrected chi connectivity index (χ0v) is 11.3. The topological polar surface area (TPSA) is 155 Å². The maximum absolute atomic E-state index is 11.4. The monoisotopic (exact) mass is 319 g/mol. The van der Waals surface area contributed by atoms with Gasteiger partial charge in [0.25, 0.3) is 20.2 Å². The number of anilines is 1. The molecule has 0 aliphatic rings. The third-order valence-corrected chi connectivity index (χ3v) is 4.50. The molecular formula is C10H9NO7S2. The van der Waals surface area contributed by atoms with Crippen molar-refractivity contribution in [1.29, 1.82) is 0 Å². The molecule has 0 aromatic heterocycles. The van der Waals surface area contributed by atoms with Crippen LogP contribution >= 0.6 is 0 Å². The summed E-state index contributed by atoms with van der Waals surface area (Å²) in [6.07, 6.45) is 0. The number of nitrogens with two attached hydrogens (primary N) is 1. The van der Waals surface area contributed by atoms with Gasteiger partial charge in [-0.15, -0.1) is 0 Å². The number of hydrogen-bond acceptors (Lipinski definition) is 6. The Balaban J connectivity index is 3.18. The highest BCUT2D eigenvalue weighted by Gasteiger charge is 2.26. The van der Waals surface area contributed by atoms with Crippen LogP contribution in [-0.4, -0.2) is 31.0 Å². The zero-order chi connectivity index (χ0) is 15.3. The molecule has 5 N–H and O–H groups in total. The summed E-state index contributed by atoms with van der Waals surface area (Å²) >= 11 is 0. The van der Waals surface area contributed by atoms with Gasteiger partial charge in [0.05, 0.1) is 5.69 Å². The summed E-state index contributed by atoms with van der Waals surface area (Å²) in [7, 11) is -9.71. The van der Waals surface area contributed by atoms with Crippen LogP contribution in [-0.2, 0) is 20.2 Å². The number of phenolic OH excluding ortho intramolecular Hbond substituents is 1. The second kappa shape index (κ2) is 4.31. The number of rotatable bonds is 2. The van der Waals surface area contributed by atoms with Crippen LogP contribution in [0.15, 0.2) is 34.1 Å². The van der Waals surface area contributed by atoms with E-state index in [-0.39, 0.29) is 10.8 Å². The van der Waals surface area contributed by atoms with Gasteiger partial charge in [0, 0.05) is 10.8 Å². The summed E-state index contributed by atoms with van der Waals surface area (Å²) < 4.78 is 63.4. The molecule has 0 aliphatic carbocycles. The first-order chi connectivity index (χ1) is 9.03. The minimum atomic E-state index is -4.87. The number of aromatic hydroxyl groups is 1. The van der Waals surface area contributed by atoms with Gasteiger partial charge in [-0.1, -0.05) is 12.1 Å². The van der Waals surface area contributed by atoms with E-state index in [2.05, 4.69) is 0 Å². The average molecular weight is 319 g/mol. The lowest BCUT2D eigenvalue weighted by atomic mass is 10.1. The van der Waals surface area contributed by atoms with Crippen molar-refractivity contribution >= 4 is 36.7 Å². The maximum Gasteiger partial charge on any atom is 0.297 e. The van der Waals surface area contributed by atoms with Gasteiger partial charge >= 0.3 is 0 Å². The summed E-state index contributed by atoms with van der Waals surface area (Å²) in [6, 6.07) is 4.52. The Hall–Kier alpha value is -1.88. The molecule has 0 saturated carbocycles. The molecule has 0 saturated heterocycles. The van der Waals surface area contributed by atoms with Crippen molar-refractivity contribution in [2.75, 3.05) is 5.73 Å². The average Bonchev–Trinajstić information content (AvgIpc) is 2.24. The predicted octanol–water partition coefficient (Wildman–Crippen LogP) is 0.621. The molecule has 0 unspecified atom stereocenters. The van der Waals surface area contributed by atoms with Crippen molar-refractivity contribution in [3.63, 3.8) is 0 Å². The molecular weight excluding hydrogens is 310 g/mol. The Labute approximate surface area is 114 Å². The lowest BCUT2D eigenvalue weighted by Crippen LogP contribution is -2.10. The van der Waals surface area contributed by atoms with Crippen LogP contribution in [0.25, 0.3) is 10.8 Å². The molecule has 0 heterocycles. The third-order valence-electron chi connectivity index (χ3n) is 2.65. The third kappa shape index (κ3) is 2.29. The van der Waals surface area contributed by atoms with Crippen LogP contribution in [0, 0.1) is 0 Å².